The van der Waals surface area contributed by atoms with E-state index in [-0.39, 0.29) is 21.8 Å². The zero-order valence-electron chi connectivity index (χ0n) is 29.4. The summed E-state index contributed by atoms with van der Waals surface area (Å²) in [5, 5.41) is 0. The number of hydrogen-bond acceptors (Lipinski definition) is 4. The number of hydrogen-bond donors (Lipinski definition) is 0. The topological polar surface area (TPSA) is 15.7 Å². The van der Waals surface area contributed by atoms with Crippen LogP contribution in [-0.4, -0.2) is 23.8 Å². The fraction of sp³-hybridized carbons (Fsp3) is 0.350. The largest absolute Gasteiger partial charge is 0.779 e. The fourth-order valence-corrected chi connectivity index (χ4v) is 7.45. The summed E-state index contributed by atoms with van der Waals surface area (Å²) in [7, 11) is 5.72. The molecule has 3 nitrogen and oxygen atoms in total. The van der Waals surface area contributed by atoms with Crippen LogP contribution in [0, 0.1) is 69.0 Å². The molecule has 0 radical (unpaired) electrons. The maximum absolute atomic E-state index is 5.72. The van der Waals surface area contributed by atoms with E-state index in [0.29, 0.717) is 0 Å². The first-order chi connectivity index (χ1) is 21.7. The van der Waals surface area contributed by atoms with Crippen LogP contribution >= 0.6 is 9.69 Å². The minimum absolute atomic E-state index is 0.191. The van der Waals surface area contributed by atoms with Crippen LogP contribution in [-0.2, 0) is 28.3 Å². The van der Waals surface area contributed by atoms with E-state index in [0.717, 1.165) is 29.3 Å². The molecule has 0 bridgehead atoms. The molecular weight excluding hydrogens is 693 g/mol. The van der Waals surface area contributed by atoms with Crippen LogP contribution < -0.4 is 14.5 Å². The number of nitrogens with zero attached hydrogens (tertiary/aromatic N) is 2. The third-order valence-corrected chi connectivity index (χ3v) is 9.57. The summed E-state index contributed by atoms with van der Waals surface area (Å²) in [4.78, 5) is 5.82. The molecule has 249 valence electrons. The summed E-state index contributed by atoms with van der Waals surface area (Å²) in [5.41, 5.74) is 15.7. The zero-order valence-corrected chi connectivity index (χ0v) is 32.7. The Morgan fingerprint density at radius 1 is 0.696 bits per heavy atom. The van der Waals surface area contributed by atoms with Crippen molar-refractivity contribution in [3.63, 3.8) is 0 Å². The van der Waals surface area contributed by atoms with Gasteiger partial charge in [-0.3, -0.25) is 0 Å². The maximum Gasteiger partial charge on any atom is 0.0146 e. The normalized spacial score (nSPS) is 12.8. The Balaban J connectivity index is 0.000000211. The summed E-state index contributed by atoms with van der Waals surface area (Å²) >= 11 is 4.96. The Labute approximate surface area is 295 Å². The molecule has 0 aromatic heterocycles. The molecule has 46 heavy (non-hydrogen) atoms. The molecule has 4 aromatic rings. The van der Waals surface area contributed by atoms with Crippen LogP contribution in [0.2, 0.25) is 0 Å². The van der Waals surface area contributed by atoms with Gasteiger partial charge in [-0.2, -0.15) is 11.6 Å². The molecule has 1 saturated heterocycles. The van der Waals surface area contributed by atoms with Gasteiger partial charge in [0, 0.05) is 24.5 Å². The van der Waals surface area contributed by atoms with Gasteiger partial charge in [-0.25, -0.2) is 0 Å². The van der Waals surface area contributed by atoms with Gasteiger partial charge in [0.2, 0.25) is 0 Å². The van der Waals surface area contributed by atoms with E-state index < -0.39 is 0 Å². The quantitative estimate of drug-likeness (QED) is 0.115. The van der Waals surface area contributed by atoms with Crippen LogP contribution in [0.3, 0.4) is 0 Å². The summed E-state index contributed by atoms with van der Waals surface area (Å²) in [6, 6.07) is 21.3. The van der Waals surface area contributed by atoms with Gasteiger partial charge in [-0.1, -0.05) is 64.2 Å². The van der Waals surface area contributed by atoms with E-state index in [9.17, 15) is 0 Å². The number of aryl methyl sites for hydroxylation is 9. The molecule has 0 spiro atoms. The van der Waals surface area contributed by atoms with Crippen LogP contribution in [0.25, 0.3) is 0 Å². The van der Waals surface area contributed by atoms with Gasteiger partial charge in [-0.05, 0) is 84.6 Å². The minimum Gasteiger partial charge on any atom is -0.779 e. The number of para-hydroxylation sites is 1. The molecule has 1 heterocycles. The fourth-order valence-electron chi connectivity index (χ4n) is 6.22. The first kappa shape index (κ1) is 37.7. The predicted molar refractivity (Wildman–Crippen MR) is 200 cm³/mol. The molecule has 0 atom stereocenters. The van der Waals surface area contributed by atoms with Crippen molar-refractivity contribution in [1.82, 2.24) is 0 Å². The first-order valence-electron chi connectivity index (χ1n) is 15.8. The van der Waals surface area contributed by atoms with Crippen molar-refractivity contribution in [2.24, 2.45) is 0 Å². The number of anilines is 2. The Morgan fingerprint density at radius 3 is 1.48 bits per heavy atom. The van der Waals surface area contributed by atoms with E-state index in [1.165, 1.54) is 61.4 Å². The number of ether oxygens (including phenoxy) is 1. The molecule has 1 aliphatic rings. The Hall–Kier alpha value is -2.72. The first-order valence-corrected chi connectivity index (χ1v) is 19.5. The number of halogens is 1. The van der Waals surface area contributed by atoms with E-state index in [2.05, 4.69) is 115 Å². The van der Waals surface area contributed by atoms with Gasteiger partial charge >= 0.3 is 90.3 Å². The van der Waals surface area contributed by atoms with Crippen LogP contribution in [0.1, 0.15) is 69.5 Å². The molecule has 1 fully saturated rings. The standard InChI is InChI=1S/C21H27N2.C10H12O.C9H12S.ClH.Ru/c1-14-9-16(3)20(17(4)10-14)22-7-8-23(13-22)21-18(5)11-15(2)12-19(21)6;1-8(2)11-10-7-5-4-6-9(10)3;1-6-4-7(2)9(10)8(3)5-6;;/h9-13H,7-8H2,1-6H3;3-8H,1-2H3;4-5,10H,1-3H3;1H;/q-1;;;;+1/p-2. The van der Waals surface area contributed by atoms with E-state index >= 15 is 0 Å². The SMILES string of the molecule is CC(C)Oc1ccccc1[CH]=[Ru][Cl].Cc1cc(C)c(N2[CH-]N(c3c(C)cc(C)cc3C)CC2)c(C)c1.Cc1cc(C)c([S-])c(C)c1. The second-order valence-electron chi connectivity index (χ2n) is 12.6. The summed E-state index contributed by atoms with van der Waals surface area (Å²) in [6.07, 6.45) is 0.209. The van der Waals surface area contributed by atoms with Gasteiger partial charge in [0.05, 0.1) is 0 Å². The average molecular weight is 743 g/mol. The molecular formula is C40H50ClN2ORuS-2. The average Bonchev–Trinajstić information content (AvgIpc) is 3.41. The molecule has 6 heteroatoms. The molecule has 5 rings (SSSR count). The van der Waals surface area contributed by atoms with Crippen molar-refractivity contribution in [2.75, 3.05) is 22.9 Å². The van der Waals surface area contributed by atoms with Crippen LogP contribution in [0.5, 0.6) is 5.75 Å². The van der Waals surface area contributed by atoms with Crippen molar-refractivity contribution in [2.45, 2.75) is 87.2 Å². The van der Waals surface area contributed by atoms with Crippen molar-refractivity contribution < 1.29 is 20.4 Å². The molecule has 0 unspecified atom stereocenters. The maximum atomic E-state index is 5.72. The van der Waals surface area contributed by atoms with Crippen molar-refractivity contribution >= 4 is 38.3 Å². The Kier molecular flexibility index (Phi) is 14.3. The number of rotatable bonds is 5. The smallest absolute Gasteiger partial charge is 0.0146 e. The van der Waals surface area contributed by atoms with Gasteiger partial charge in [0.15, 0.2) is 0 Å². The second kappa shape index (κ2) is 17.4. The van der Waals surface area contributed by atoms with E-state index in [1.54, 1.807) is 0 Å². The van der Waals surface area contributed by atoms with Crippen LogP contribution in [0.4, 0.5) is 11.4 Å². The van der Waals surface area contributed by atoms with E-state index in [1.807, 2.05) is 42.7 Å². The minimum atomic E-state index is -0.191. The number of benzene rings is 4. The second-order valence-corrected chi connectivity index (χ2v) is 14.8. The van der Waals surface area contributed by atoms with Gasteiger partial charge < -0.3 is 22.4 Å². The van der Waals surface area contributed by atoms with Gasteiger partial charge in [0.25, 0.3) is 0 Å². The Bertz CT molecular complexity index is 1530. The van der Waals surface area contributed by atoms with Gasteiger partial charge in [0.1, 0.15) is 0 Å². The van der Waals surface area contributed by atoms with Crippen molar-refractivity contribution in [1.29, 1.82) is 0 Å². The Morgan fingerprint density at radius 2 is 1.09 bits per heavy atom. The summed E-state index contributed by atoms with van der Waals surface area (Å²) in [5.74, 6) is 0.924. The molecule has 4 aromatic carbocycles. The third kappa shape index (κ3) is 10.4. The molecule has 0 saturated carbocycles. The molecule has 0 aliphatic carbocycles. The summed E-state index contributed by atoms with van der Waals surface area (Å²) in [6.45, 7) is 27.8. The summed E-state index contributed by atoms with van der Waals surface area (Å²) < 4.78 is 7.66. The van der Waals surface area contributed by atoms with Crippen molar-refractivity contribution in [3.05, 3.63) is 123 Å². The molecule has 1 aliphatic heterocycles. The van der Waals surface area contributed by atoms with Crippen molar-refractivity contribution in [3.8, 4) is 5.75 Å². The van der Waals surface area contributed by atoms with Crippen LogP contribution in [0.15, 0.2) is 65.6 Å². The van der Waals surface area contributed by atoms with E-state index in [4.69, 9.17) is 27.1 Å². The predicted octanol–water partition coefficient (Wildman–Crippen LogP) is 10.4. The van der Waals surface area contributed by atoms with Gasteiger partial charge in [-0.15, -0.1) is 0 Å². The monoisotopic (exact) mass is 743 g/mol. The molecule has 0 N–H and O–H groups in total. The third-order valence-electron chi connectivity index (χ3n) is 7.74. The molecule has 0 amide bonds. The zero-order chi connectivity index (χ0) is 34.1.